The minimum atomic E-state index is -2.41. The van der Waals surface area contributed by atoms with Crippen molar-refractivity contribution in [2.45, 2.75) is 51.3 Å². The van der Waals surface area contributed by atoms with Crippen LogP contribution in [0.25, 0.3) is 21.5 Å². The summed E-state index contributed by atoms with van der Waals surface area (Å²) < 4.78 is 130. The maximum absolute atomic E-state index is 15.1. The van der Waals surface area contributed by atoms with Crippen LogP contribution in [0.5, 0.6) is 0 Å². The van der Waals surface area contributed by atoms with Crippen LogP contribution in [-0.2, 0) is 5.31 Å². The van der Waals surface area contributed by atoms with Gasteiger partial charge in [0.15, 0.2) is 46.5 Å². The van der Waals surface area contributed by atoms with E-state index in [0.29, 0.717) is 12.8 Å². The van der Waals surface area contributed by atoms with Crippen LogP contribution in [0.1, 0.15) is 51.5 Å². The lowest BCUT2D eigenvalue weighted by atomic mass is 9.57. The van der Waals surface area contributed by atoms with Crippen LogP contribution in [0, 0.1) is 52.4 Å². The van der Waals surface area contributed by atoms with Crippen LogP contribution >= 0.6 is 0 Å². The summed E-state index contributed by atoms with van der Waals surface area (Å²) in [5, 5.41) is -7.60. The third kappa shape index (κ3) is 3.33. The van der Waals surface area contributed by atoms with Crippen molar-refractivity contribution in [3.63, 3.8) is 0 Å². The fourth-order valence-corrected chi connectivity index (χ4v) is 4.21. The van der Waals surface area contributed by atoms with E-state index in [4.69, 9.17) is 7.85 Å². The third-order valence-corrected chi connectivity index (χ3v) is 5.64. The highest BCUT2D eigenvalue weighted by molar-refractivity contribution is 6.20. The SMILES string of the molecule is [B]C(CCC)(CCCC)c1c2c(F)c(F)c(F)c(F)c2c(F)c2c(F)c(F)c(F)c(F)c12. The molecule has 0 aliphatic rings. The first kappa shape index (κ1) is 24.3. The van der Waals surface area contributed by atoms with Gasteiger partial charge in [0.1, 0.15) is 5.82 Å². The predicted octanol–water partition coefficient (Wildman–Crippen LogP) is 7.60. The van der Waals surface area contributed by atoms with Gasteiger partial charge in [0.25, 0.3) is 0 Å². The number of benzene rings is 3. The average molecular weight is 462 g/mol. The van der Waals surface area contributed by atoms with Gasteiger partial charge in [0.2, 0.25) is 0 Å². The second-order valence-electron chi connectivity index (χ2n) is 7.71. The lowest BCUT2D eigenvalue weighted by Crippen LogP contribution is -2.29. The summed E-state index contributed by atoms with van der Waals surface area (Å²) in [5.74, 6) is -20.3. The second-order valence-corrected chi connectivity index (χ2v) is 7.71. The van der Waals surface area contributed by atoms with Crippen LogP contribution < -0.4 is 0 Å². The van der Waals surface area contributed by atoms with Crippen molar-refractivity contribution in [3.05, 3.63) is 57.9 Å². The number of fused-ring (bicyclic) bond motifs is 2. The van der Waals surface area contributed by atoms with Crippen LogP contribution in [0.4, 0.5) is 39.5 Å². The Kier molecular flexibility index (Phi) is 6.46. The van der Waals surface area contributed by atoms with E-state index in [-0.39, 0.29) is 19.3 Å². The maximum Gasteiger partial charge on any atom is 0.198 e. The molecule has 1 unspecified atom stereocenters. The molecule has 3 aromatic carbocycles. The number of hydrogen-bond donors (Lipinski definition) is 0. The van der Waals surface area contributed by atoms with Gasteiger partial charge >= 0.3 is 0 Å². The Balaban J connectivity index is 2.79. The predicted molar refractivity (Wildman–Crippen MR) is 103 cm³/mol. The van der Waals surface area contributed by atoms with E-state index in [1.54, 1.807) is 13.8 Å². The van der Waals surface area contributed by atoms with Crippen LogP contribution in [0.15, 0.2) is 0 Å². The zero-order valence-electron chi connectivity index (χ0n) is 17.0. The minimum absolute atomic E-state index is 0.0900. The minimum Gasteiger partial charge on any atom is -0.205 e. The molecule has 170 valence electrons. The molecular weight excluding hydrogens is 446 g/mol. The first-order valence-corrected chi connectivity index (χ1v) is 9.86. The first-order chi connectivity index (χ1) is 14.9. The van der Waals surface area contributed by atoms with E-state index in [1.807, 2.05) is 0 Å². The summed E-state index contributed by atoms with van der Waals surface area (Å²) in [4.78, 5) is 0. The van der Waals surface area contributed by atoms with Gasteiger partial charge < -0.3 is 0 Å². The van der Waals surface area contributed by atoms with Gasteiger partial charge in [-0.25, -0.2) is 39.5 Å². The molecule has 3 aromatic rings. The maximum atomic E-state index is 15.1. The summed E-state index contributed by atoms with van der Waals surface area (Å²) in [7, 11) is 6.38. The highest BCUT2D eigenvalue weighted by Gasteiger charge is 2.38. The molecular formula is C22H16BF9. The molecule has 0 N–H and O–H groups in total. The van der Waals surface area contributed by atoms with E-state index >= 15 is 4.39 Å². The normalized spacial score (nSPS) is 13.8. The van der Waals surface area contributed by atoms with Gasteiger partial charge in [-0.3, -0.25) is 0 Å². The van der Waals surface area contributed by atoms with Gasteiger partial charge in [-0.2, -0.15) is 0 Å². The summed E-state index contributed by atoms with van der Waals surface area (Å²) >= 11 is 0. The lowest BCUT2D eigenvalue weighted by Gasteiger charge is -2.34. The molecule has 0 saturated heterocycles. The van der Waals surface area contributed by atoms with Gasteiger partial charge in [0, 0.05) is 10.8 Å². The molecule has 0 amide bonds. The molecule has 0 spiro atoms. The van der Waals surface area contributed by atoms with Crippen molar-refractivity contribution in [1.82, 2.24) is 0 Å². The molecule has 0 aliphatic heterocycles. The molecule has 1 atom stereocenters. The highest BCUT2D eigenvalue weighted by Crippen LogP contribution is 2.47. The molecule has 3 rings (SSSR count). The van der Waals surface area contributed by atoms with E-state index < -0.39 is 84.8 Å². The fraction of sp³-hybridized carbons (Fsp3) is 0.364. The molecule has 0 heterocycles. The van der Waals surface area contributed by atoms with Crippen LogP contribution in [0.2, 0.25) is 0 Å². The third-order valence-electron chi connectivity index (χ3n) is 5.64. The van der Waals surface area contributed by atoms with Crippen molar-refractivity contribution >= 4 is 29.4 Å². The number of unbranched alkanes of at least 4 members (excludes halogenated alkanes) is 1. The number of halogens is 9. The summed E-state index contributed by atoms with van der Waals surface area (Å²) in [5.41, 5.74) is -0.857. The molecule has 0 nitrogen and oxygen atoms in total. The Morgan fingerprint density at radius 1 is 0.500 bits per heavy atom. The van der Waals surface area contributed by atoms with Crippen LogP contribution in [0.3, 0.4) is 0 Å². The topological polar surface area (TPSA) is 0 Å². The lowest BCUT2D eigenvalue weighted by molar-refractivity contribution is 0.410. The molecule has 32 heavy (non-hydrogen) atoms. The summed E-state index contributed by atoms with van der Waals surface area (Å²) in [6.45, 7) is 3.34. The molecule has 0 bridgehead atoms. The zero-order chi connectivity index (χ0) is 24.1. The van der Waals surface area contributed by atoms with E-state index in [2.05, 4.69) is 0 Å². The van der Waals surface area contributed by atoms with Gasteiger partial charge in [-0.05, 0) is 10.9 Å². The van der Waals surface area contributed by atoms with Crippen molar-refractivity contribution in [2.24, 2.45) is 0 Å². The Bertz CT molecular complexity index is 1160. The standard InChI is InChI=1S/C22H16BF9/c1-3-5-7-22(23,6-4-2)12-8-10(16(27)20(31)18(29)14(8)25)13(24)11-9(12)15(26)19(30)21(32)17(11)28/h3-7H2,1-2H3. The van der Waals surface area contributed by atoms with Crippen LogP contribution in [-0.4, -0.2) is 7.85 Å². The smallest absolute Gasteiger partial charge is 0.198 e. The zero-order valence-corrected chi connectivity index (χ0v) is 17.0. The molecule has 0 saturated carbocycles. The molecule has 0 fully saturated rings. The Morgan fingerprint density at radius 2 is 0.875 bits per heavy atom. The second kappa shape index (κ2) is 8.52. The number of hydrogen-bond acceptors (Lipinski definition) is 0. The Labute approximate surface area is 178 Å². The van der Waals surface area contributed by atoms with E-state index in [9.17, 15) is 35.1 Å². The molecule has 0 aromatic heterocycles. The molecule has 0 aliphatic carbocycles. The van der Waals surface area contributed by atoms with E-state index in [1.165, 1.54) is 0 Å². The van der Waals surface area contributed by atoms with Crippen molar-refractivity contribution in [3.8, 4) is 0 Å². The highest BCUT2D eigenvalue weighted by atomic mass is 19.2. The van der Waals surface area contributed by atoms with Gasteiger partial charge in [0.05, 0.1) is 18.6 Å². The molecule has 10 heteroatoms. The van der Waals surface area contributed by atoms with Gasteiger partial charge in [-0.1, -0.05) is 46.0 Å². The van der Waals surface area contributed by atoms with Crippen molar-refractivity contribution in [2.75, 3.05) is 0 Å². The van der Waals surface area contributed by atoms with Gasteiger partial charge in [-0.15, -0.1) is 0 Å². The van der Waals surface area contributed by atoms with E-state index in [0.717, 1.165) is 0 Å². The fourth-order valence-electron chi connectivity index (χ4n) is 4.21. The summed E-state index contributed by atoms with van der Waals surface area (Å²) in [6.07, 6.45) is 0.843. The summed E-state index contributed by atoms with van der Waals surface area (Å²) in [6, 6.07) is 0. The average Bonchev–Trinajstić information content (AvgIpc) is 2.76. The van der Waals surface area contributed by atoms with Crippen molar-refractivity contribution in [1.29, 1.82) is 0 Å². The largest absolute Gasteiger partial charge is 0.205 e. The monoisotopic (exact) mass is 462 g/mol. The Hall–Kier alpha value is -2.39. The molecule has 2 radical (unpaired) electrons. The Morgan fingerprint density at radius 3 is 1.22 bits per heavy atom. The number of rotatable bonds is 6. The first-order valence-electron chi connectivity index (χ1n) is 9.86. The van der Waals surface area contributed by atoms with Crippen molar-refractivity contribution < 1.29 is 39.5 Å². The quantitative estimate of drug-likeness (QED) is 0.116.